The molecule has 2 aliphatic heterocycles. The van der Waals surface area contributed by atoms with Gasteiger partial charge in [-0.1, -0.05) is 6.07 Å². The number of carboxylic acids is 1. The molecule has 112 valence electrons. The normalized spacial score (nSPS) is 24.7. The smallest absolute Gasteiger partial charge is 0.332 e. The third-order valence-corrected chi connectivity index (χ3v) is 4.06. The molecule has 2 heterocycles. The van der Waals surface area contributed by atoms with Crippen LogP contribution in [0.1, 0.15) is 24.0 Å². The molecule has 1 saturated heterocycles. The van der Waals surface area contributed by atoms with Crippen LogP contribution < -0.4 is 0 Å². The van der Waals surface area contributed by atoms with Gasteiger partial charge in [0, 0.05) is 13.1 Å². The fraction of sp³-hybridized carbons (Fsp3) is 0.467. The summed E-state index contributed by atoms with van der Waals surface area (Å²) in [6.07, 6.45) is -0.157. The van der Waals surface area contributed by atoms with Crippen molar-refractivity contribution in [3.05, 3.63) is 35.1 Å². The summed E-state index contributed by atoms with van der Waals surface area (Å²) in [5, 5.41) is 8.89. The first kappa shape index (κ1) is 14.0. The van der Waals surface area contributed by atoms with E-state index in [0.29, 0.717) is 32.4 Å². The highest BCUT2D eigenvalue weighted by Crippen LogP contribution is 2.25. The second-order valence-corrected chi connectivity index (χ2v) is 5.45. The standard InChI is InChI=1S/C15H16FNO4/c16-11-2-1-10-8-17(6-5-9(10)7-11)14(18)12-3-4-13(21-12)15(19)20/h1-2,7,12-13H,3-6,8H2,(H,19,20)/t12-,13+/m0/s1. The molecule has 1 aromatic rings. The molecule has 0 spiro atoms. The molecular weight excluding hydrogens is 277 g/mol. The summed E-state index contributed by atoms with van der Waals surface area (Å²) >= 11 is 0. The average molecular weight is 293 g/mol. The number of fused-ring (bicyclic) bond motifs is 1. The number of carbonyl (C=O) groups excluding carboxylic acids is 1. The Labute approximate surface area is 121 Å². The number of carboxylic acid groups (broad SMARTS) is 1. The summed E-state index contributed by atoms with van der Waals surface area (Å²) in [5.41, 5.74) is 1.86. The lowest BCUT2D eigenvalue weighted by Crippen LogP contribution is -2.42. The molecule has 1 fully saturated rings. The van der Waals surface area contributed by atoms with E-state index in [-0.39, 0.29) is 11.7 Å². The van der Waals surface area contributed by atoms with Gasteiger partial charge in [0.2, 0.25) is 0 Å². The summed E-state index contributed by atoms with van der Waals surface area (Å²) < 4.78 is 18.5. The number of aliphatic carboxylic acids is 1. The highest BCUT2D eigenvalue weighted by Gasteiger charge is 2.37. The van der Waals surface area contributed by atoms with E-state index in [0.717, 1.165) is 11.1 Å². The number of carbonyl (C=O) groups is 2. The first-order valence-electron chi connectivity index (χ1n) is 6.99. The van der Waals surface area contributed by atoms with Crippen LogP contribution >= 0.6 is 0 Å². The quantitative estimate of drug-likeness (QED) is 0.893. The molecule has 0 bridgehead atoms. The highest BCUT2D eigenvalue weighted by atomic mass is 19.1. The van der Waals surface area contributed by atoms with E-state index in [4.69, 9.17) is 9.84 Å². The van der Waals surface area contributed by atoms with Crippen molar-refractivity contribution in [1.82, 2.24) is 4.90 Å². The van der Waals surface area contributed by atoms with Crippen molar-refractivity contribution in [1.29, 1.82) is 0 Å². The van der Waals surface area contributed by atoms with Crippen molar-refractivity contribution in [2.75, 3.05) is 6.54 Å². The van der Waals surface area contributed by atoms with Crippen molar-refractivity contribution in [2.24, 2.45) is 0 Å². The van der Waals surface area contributed by atoms with Crippen LogP contribution in [0, 0.1) is 5.82 Å². The van der Waals surface area contributed by atoms with Gasteiger partial charge in [0.05, 0.1) is 0 Å². The van der Waals surface area contributed by atoms with Gasteiger partial charge < -0.3 is 14.7 Å². The van der Waals surface area contributed by atoms with Gasteiger partial charge in [0.1, 0.15) is 11.9 Å². The van der Waals surface area contributed by atoms with Gasteiger partial charge in [0.15, 0.2) is 6.10 Å². The molecule has 1 amide bonds. The zero-order valence-corrected chi connectivity index (χ0v) is 11.4. The van der Waals surface area contributed by atoms with Crippen LogP contribution in [0.4, 0.5) is 4.39 Å². The Bertz CT molecular complexity index is 589. The molecule has 0 aliphatic carbocycles. The van der Waals surface area contributed by atoms with Crippen LogP contribution in [0.25, 0.3) is 0 Å². The maximum atomic E-state index is 13.2. The van der Waals surface area contributed by atoms with Crippen LogP contribution in [0.5, 0.6) is 0 Å². The van der Waals surface area contributed by atoms with Gasteiger partial charge in [-0.2, -0.15) is 0 Å². The Hall–Kier alpha value is -1.95. The van der Waals surface area contributed by atoms with Gasteiger partial charge in [-0.3, -0.25) is 4.79 Å². The average Bonchev–Trinajstić information content (AvgIpc) is 2.96. The fourth-order valence-electron chi connectivity index (χ4n) is 2.91. The predicted molar refractivity (Wildman–Crippen MR) is 71.1 cm³/mol. The van der Waals surface area contributed by atoms with Crippen LogP contribution in [-0.4, -0.2) is 40.6 Å². The molecule has 3 rings (SSSR count). The highest BCUT2D eigenvalue weighted by molar-refractivity contribution is 5.83. The molecule has 0 aromatic heterocycles. The molecule has 0 radical (unpaired) electrons. The first-order chi connectivity index (χ1) is 10.0. The number of hydrogen-bond donors (Lipinski definition) is 1. The second kappa shape index (κ2) is 5.44. The maximum Gasteiger partial charge on any atom is 0.332 e. The zero-order valence-electron chi connectivity index (χ0n) is 11.4. The third-order valence-electron chi connectivity index (χ3n) is 4.06. The molecular formula is C15H16FNO4. The van der Waals surface area contributed by atoms with E-state index in [1.54, 1.807) is 11.0 Å². The van der Waals surface area contributed by atoms with Gasteiger partial charge in [-0.25, -0.2) is 9.18 Å². The molecule has 1 aromatic carbocycles. The van der Waals surface area contributed by atoms with Crippen molar-refractivity contribution in [3.63, 3.8) is 0 Å². The van der Waals surface area contributed by atoms with E-state index in [1.807, 2.05) is 0 Å². The topological polar surface area (TPSA) is 66.8 Å². The number of rotatable bonds is 2. The number of nitrogens with zero attached hydrogens (tertiary/aromatic N) is 1. The van der Waals surface area contributed by atoms with Crippen molar-refractivity contribution >= 4 is 11.9 Å². The number of benzene rings is 1. The molecule has 5 nitrogen and oxygen atoms in total. The molecule has 6 heteroatoms. The van der Waals surface area contributed by atoms with E-state index >= 15 is 0 Å². The largest absolute Gasteiger partial charge is 0.479 e. The summed E-state index contributed by atoms with van der Waals surface area (Å²) in [4.78, 5) is 24.9. The number of hydrogen-bond acceptors (Lipinski definition) is 3. The van der Waals surface area contributed by atoms with E-state index in [1.165, 1.54) is 12.1 Å². The van der Waals surface area contributed by atoms with Gasteiger partial charge in [-0.05, 0) is 42.5 Å². The molecule has 0 unspecified atom stereocenters. The van der Waals surface area contributed by atoms with Gasteiger partial charge in [-0.15, -0.1) is 0 Å². The lowest BCUT2D eigenvalue weighted by Gasteiger charge is -2.30. The van der Waals surface area contributed by atoms with E-state index < -0.39 is 18.2 Å². The minimum Gasteiger partial charge on any atom is -0.479 e. The molecule has 2 aliphatic rings. The summed E-state index contributed by atoms with van der Waals surface area (Å²) in [7, 11) is 0. The van der Waals surface area contributed by atoms with E-state index in [9.17, 15) is 14.0 Å². The minimum absolute atomic E-state index is 0.172. The number of amides is 1. The molecule has 1 N–H and O–H groups in total. The van der Waals surface area contributed by atoms with Crippen molar-refractivity contribution in [2.45, 2.75) is 38.0 Å². The summed E-state index contributed by atoms with van der Waals surface area (Å²) in [6, 6.07) is 4.59. The first-order valence-corrected chi connectivity index (χ1v) is 6.99. The summed E-state index contributed by atoms with van der Waals surface area (Å²) in [5.74, 6) is -1.46. The van der Waals surface area contributed by atoms with Crippen molar-refractivity contribution in [3.8, 4) is 0 Å². The van der Waals surface area contributed by atoms with Crippen LogP contribution in [-0.2, 0) is 27.3 Å². The Morgan fingerprint density at radius 3 is 2.71 bits per heavy atom. The molecule has 0 saturated carbocycles. The predicted octanol–water partition coefficient (Wildman–Crippen LogP) is 1.34. The Kier molecular flexibility index (Phi) is 3.63. The monoisotopic (exact) mass is 293 g/mol. The second-order valence-electron chi connectivity index (χ2n) is 5.45. The number of halogens is 1. The van der Waals surface area contributed by atoms with Crippen LogP contribution in [0.2, 0.25) is 0 Å². The number of ether oxygens (including phenoxy) is 1. The zero-order chi connectivity index (χ0) is 15.0. The van der Waals surface area contributed by atoms with Crippen LogP contribution in [0.15, 0.2) is 18.2 Å². The summed E-state index contributed by atoms with van der Waals surface area (Å²) in [6.45, 7) is 0.929. The van der Waals surface area contributed by atoms with Crippen LogP contribution in [0.3, 0.4) is 0 Å². The Morgan fingerprint density at radius 2 is 2.00 bits per heavy atom. The minimum atomic E-state index is -1.02. The Morgan fingerprint density at radius 1 is 1.24 bits per heavy atom. The van der Waals surface area contributed by atoms with E-state index in [2.05, 4.69) is 0 Å². The fourth-order valence-corrected chi connectivity index (χ4v) is 2.91. The Balaban J connectivity index is 1.67. The lowest BCUT2D eigenvalue weighted by atomic mass is 9.99. The van der Waals surface area contributed by atoms with Gasteiger partial charge >= 0.3 is 5.97 Å². The van der Waals surface area contributed by atoms with Crippen molar-refractivity contribution < 1.29 is 23.8 Å². The molecule has 21 heavy (non-hydrogen) atoms. The SMILES string of the molecule is O=C(O)[C@H]1CC[C@@H](C(=O)N2CCc3cc(F)ccc3C2)O1. The molecule has 2 atom stereocenters. The maximum absolute atomic E-state index is 13.2. The lowest BCUT2D eigenvalue weighted by molar-refractivity contribution is -0.155. The third kappa shape index (κ3) is 2.76. The van der Waals surface area contributed by atoms with Gasteiger partial charge in [0.25, 0.3) is 5.91 Å².